The van der Waals surface area contributed by atoms with Gasteiger partial charge in [-0.3, -0.25) is 4.79 Å². The predicted molar refractivity (Wildman–Crippen MR) is 58.0 cm³/mol. The number of hydrogen-bond acceptors (Lipinski definition) is 4. The van der Waals surface area contributed by atoms with Gasteiger partial charge < -0.3 is 10.6 Å². The van der Waals surface area contributed by atoms with Gasteiger partial charge in [-0.2, -0.15) is 10.5 Å². The van der Waals surface area contributed by atoms with E-state index in [0.717, 1.165) is 4.90 Å². The van der Waals surface area contributed by atoms with Crippen LogP contribution >= 0.6 is 0 Å². The van der Waals surface area contributed by atoms with E-state index in [1.165, 1.54) is 0 Å². The van der Waals surface area contributed by atoms with Crippen molar-refractivity contribution in [3.63, 3.8) is 0 Å². The van der Waals surface area contributed by atoms with E-state index in [4.69, 9.17) is 16.3 Å². The van der Waals surface area contributed by atoms with Gasteiger partial charge in [-0.15, -0.1) is 0 Å². The van der Waals surface area contributed by atoms with E-state index >= 15 is 0 Å². The highest BCUT2D eigenvalue weighted by Gasteiger charge is 2.16. The normalized spacial score (nSPS) is 8.88. The first-order chi connectivity index (χ1) is 7.70. The lowest BCUT2D eigenvalue weighted by molar-refractivity contribution is 0.0796. The van der Waals surface area contributed by atoms with Crippen LogP contribution in [0.3, 0.4) is 0 Å². The summed E-state index contributed by atoms with van der Waals surface area (Å²) in [7, 11) is 0. The Kier molecular flexibility index (Phi) is 3.88. The topological polar surface area (TPSA) is 93.9 Å². The number of nitriles is 2. The zero-order valence-corrected chi connectivity index (χ0v) is 8.55. The van der Waals surface area contributed by atoms with Crippen molar-refractivity contribution in [2.45, 2.75) is 0 Å². The molecule has 16 heavy (non-hydrogen) atoms. The van der Waals surface area contributed by atoms with Crippen molar-refractivity contribution in [3.05, 3.63) is 29.8 Å². The Morgan fingerprint density at radius 2 is 1.81 bits per heavy atom. The van der Waals surface area contributed by atoms with E-state index in [0.29, 0.717) is 11.3 Å². The van der Waals surface area contributed by atoms with Crippen LogP contribution in [0.15, 0.2) is 24.3 Å². The number of carbonyl (C=O) groups excluding carboxylic acids is 1. The minimum Gasteiger partial charge on any atom is -0.398 e. The molecule has 0 saturated carbocycles. The van der Waals surface area contributed by atoms with E-state index < -0.39 is 5.91 Å². The van der Waals surface area contributed by atoms with E-state index in [1.54, 1.807) is 24.3 Å². The van der Waals surface area contributed by atoms with Crippen molar-refractivity contribution in [3.8, 4) is 12.1 Å². The van der Waals surface area contributed by atoms with Crippen LogP contribution < -0.4 is 5.73 Å². The average molecular weight is 214 g/mol. The van der Waals surface area contributed by atoms with Crippen LogP contribution in [0.4, 0.5) is 5.69 Å². The number of anilines is 1. The minimum absolute atomic E-state index is 0.124. The first-order valence-electron chi connectivity index (χ1n) is 4.58. The van der Waals surface area contributed by atoms with E-state index in [2.05, 4.69) is 0 Å². The molecule has 0 radical (unpaired) electrons. The lowest BCUT2D eigenvalue weighted by Gasteiger charge is -2.16. The summed E-state index contributed by atoms with van der Waals surface area (Å²) in [6.07, 6.45) is 0. The number of amides is 1. The third-order valence-corrected chi connectivity index (χ3v) is 2.00. The highest BCUT2D eigenvalue weighted by atomic mass is 16.2. The molecule has 0 unspecified atom stereocenters. The van der Waals surface area contributed by atoms with Gasteiger partial charge in [0.05, 0.1) is 17.7 Å². The summed E-state index contributed by atoms with van der Waals surface area (Å²) in [4.78, 5) is 13.0. The molecule has 0 atom stereocenters. The third-order valence-electron chi connectivity index (χ3n) is 2.00. The van der Waals surface area contributed by atoms with Gasteiger partial charge in [-0.25, -0.2) is 0 Å². The van der Waals surface area contributed by atoms with Gasteiger partial charge in [0.2, 0.25) is 0 Å². The summed E-state index contributed by atoms with van der Waals surface area (Å²) in [5, 5.41) is 17.1. The highest BCUT2D eigenvalue weighted by Crippen LogP contribution is 2.13. The van der Waals surface area contributed by atoms with E-state index in [-0.39, 0.29) is 13.1 Å². The molecule has 1 aromatic carbocycles. The number of nitrogens with zero attached hydrogens (tertiary/aromatic N) is 3. The Morgan fingerprint density at radius 1 is 1.25 bits per heavy atom. The summed E-state index contributed by atoms with van der Waals surface area (Å²) < 4.78 is 0. The molecule has 5 nitrogen and oxygen atoms in total. The zero-order chi connectivity index (χ0) is 12.0. The lowest BCUT2D eigenvalue weighted by atomic mass is 10.1. The highest BCUT2D eigenvalue weighted by molar-refractivity contribution is 5.99. The number of nitrogen functional groups attached to an aromatic ring is 1. The Balaban J connectivity index is 2.96. The summed E-state index contributed by atoms with van der Waals surface area (Å²) in [6.45, 7) is -0.249. The lowest BCUT2D eigenvalue weighted by Crippen LogP contribution is -2.32. The Morgan fingerprint density at radius 3 is 2.31 bits per heavy atom. The number of hydrogen-bond donors (Lipinski definition) is 1. The summed E-state index contributed by atoms with van der Waals surface area (Å²) in [6, 6.07) is 10.2. The molecule has 80 valence electrons. The van der Waals surface area contributed by atoms with Crippen LogP contribution in [0, 0.1) is 22.7 Å². The molecule has 1 aromatic rings. The van der Waals surface area contributed by atoms with Gasteiger partial charge in [0, 0.05) is 5.69 Å². The standard InChI is InChI=1S/C11H10N4O/c12-5-7-15(8-6-13)11(16)9-3-1-2-4-10(9)14/h1-4H,7-8,14H2. The monoisotopic (exact) mass is 214 g/mol. The second kappa shape index (κ2) is 5.38. The van der Waals surface area contributed by atoms with Gasteiger partial charge in [0.25, 0.3) is 5.91 Å². The average Bonchev–Trinajstić information content (AvgIpc) is 2.28. The molecule has 1 amide bonds. The molecule has 0 bridgehead atoms. The fourth-order valence-corrected chi connectivity index (χ4v) is 1.23. The molecule has 1 rings (SSSR count). The zero-order valence-electron chi connectivity index (χ0n) is 8.55. The predicted octanol–water partition coefficient (Wildman–Crippen LogP) is 0.758. The Hall–Kier alpha value is -2.53. The fourth-order valence-electron chi connectivity index (χ4n) is 1.23. The van der Waals surface area contributed by atoms with Gasteiger partial charge in [0.1, 0.15) is 13.1 Å². The fraction of sp³-hybridized carbons (Fsp3) is 0.182. The van der Waals surface area contributed by atoms with Crippen molar-refractivity contribution in [2.24, 2.45) is 0 Å². The maximum atomic E-state index is 11.9. The molecular weight excluding hydrogens is 204 g/mol. The largest absolute Gasteiger partial charge is 0.398 e. The first kappa shape index (κ1) is 11.5. The molecule has 0 aromatic heterocycles. The number of nitrogens with two attached hydrogens (primary N) is 1. The van der Waals surface area contributed by atoms with Crippen molar-refractivity contribution in [1.82, 2.24) is 4.90 Å². The third kappa shape index (κ3) is 2.49. The summed E-state index contributed by atoms with van der Waals surface area (Å²) in [5.74, 6) is -0.402. The minimum atomic E-state index is -0.402. The van der Waals surface area contributed by atoms with Crippen molar-refractivity contribution < 1.29 is 4.79 Å². The molecule has 0 heterocycles. The van der Waals surface area contributed by atoms with Crippen LogP contribution in [-0.4, -0.2) is 23.9 Å². The van der Waals surface area contributed by atoms with Crippen molar-refractivity contribution in [1.29, 1.82) is 10.5 Å². The van der Waals surface area contributed by atoms with Crippen molar-refractivity contribution >= 4 is 11.6 Å². The molecule has 5 heteroatoms. The second-order valence-electron chi connectivity index (χ2n) is 3.06. The van der Waals surface area contributed by atoms with Gasteiger partial charge in [-0.1, -0.05) is 12.1 Å². The van der Waals surface area contributed by atoms with Crippen LogP contribution in [0.5, 0.6) is 0 Å². The molecular formula is C11H10N4O. The van der Waals surface area contributed by atoms with Crippen LogP contribution in [0.2, 0.25) is 0 Å². The number of rotatable bonds is 3. The Bertz CT molecular complexity index is 454. The molecule has 0 aliphatic rings. The van der Waals surface area contributed by atoms with Gasteiger partial charge >= 0.3 is 0 Å². The van der Waals surface area contributed by atoms with Gasteiger partial charge in [-0.05, 0) is 12.1 Å². The molecule has 2 N–H and O–H groups in total. The van der Waals surface area contributed by atoms with Gasteiger partial charge in [0.15, 0.2) is 0 Å². The summed E-state index contributed by atoms with van der Waals surface area (Å²) >= 11 is 0. The summed E-state index contributed by atoms with van der Waals surface area (Å²) in [5.41, 5.74) is 6.29. The molecule has 0 fully saturated rings. The molecule has 0 aliphatic carbocycles. The quantitative estimate of drug-likeness (QED) is 0.593. The van der Waals surface area contributed by atoms with Crippen LogP contribution in [0.1, 0.15) is 10.4 Å². The van der Waals surface area contributed by atoms with Crippen molar-refractivity contribution in [2.75, 3.05) is 18.8 Å². The van der Waals surface area contributed by atoms with E-state index in [1.807, 2.05) is 12.1 Å². The second-order valence-corrected chi connectivity index (χ2v) is 3.06. The SMILES string of the molecule is N#CCN(CC#N)C(=O)c1ccccc1N. The van der Waals surface area contributed by atoms with Crippen LogP contribution in [0.25, 0.3) is 0 Å². The van der Waals surface area contributed by atoms with E-state index in [9.17, 15) is 4.79 Å². The maximum absolute atomic E-state index is 11.9. The number of benzene rings is 1. The number of carbonyl (C=O) groups is 1. The molecule has 0 aliphatic heterocycles. The smallest absolute Gasteiger partial charge is 0.257 e. The Labute approximate surface area is 93.3 Å². The maximum Gasteiger partial charge on any atom is 0.257 e. The first-order valence-corrected chi connectivity index (χ1v) is 4.58. The van der Waals surface area contributed by atoms with Crippen LogP contribution in [-0.2, 0) is 0 Å². The molecule has 0 saturated heterocycles. The molecule has 0 spiro atoms. The number of para-hydroxylation sites is 1.